The van der Waals surface area contributed by atoms with Crippen LogP contribution in [0.25, 0.3) is 0 Å². The Bertz CT molecular complexity index is 244. The zero-order valence-electron chi connectivity index (χ0n) is 11.0. The molecule has 0 aromatic heterocycles. The first kappa shape index (κ1) is 14.5. The number of hydrogen-bond donors (Lipinski definition) is 3. The highest BCUT2D eigenvalue weighted by Crippen LogP contribution is 2.30. The lowest BCUT2D eigenvalue weighted by Crippen LogP contribution is -2.43. The van der Waals surface area contributed by atoms with Gasteiger partial charge in [0.1, 0.15) is 0 Å². The standard InChI is InChI=1S/C13H26N2O2/c1-9(2)6-12(14)13(17)15-7-10-4-3-5-11(10)8-16/h9-12,16H,3-8,14H2,1-2H3,(H,15,17)/t10?,11?,12-/m0/s1. The second-order valence-electron chi connectivity index (χ2n) is 5.61. The molecule has 0 aromatic rings. The minimum atomic E-state index is -0.399. The minimum Gasteiger partial charge on any atom is -0.396 e. The van der Waals surface area contributed by atoms with Crippen molar-refractivity contribution in [3.8, 4) is 0 Å². The Balaban J connectivity index is 2.27. The lowest BCUT2D eigenvalue weighted by atomic mass is 9.96. The van der Waals surface area contributed by atoms with Gasteiger partial charge in [-0.2, -0.15) is 0 Å². The normalized spacial score (nSPS) is 26.2. The maximum Gasteiger partial charge on any atom is 0.236 e. The first-order chi connectivity index (χ1) is 8.04. The van der Waals surface area contributed by atoms with Gasteiger partial charge in [0, 0.05) is 13.2 Å². The average molecular weight is 242 g/mol. The fourth-order valence-corrected chi connectivity index (χ4v) is 2.60. The quantitative estimate of drug-likeness (QED) is 0.647. The second-order valence-corrected chi connectivity index (χ2v) is 5.61. The summed E-state index contributed by atoms with van der Waals surface area (Å²) >= 11 is 0. The lowest BCUT2D eigenvalue weighted by Gasteiger charge is -2.20. The Morgan fingerprint density at radius 2 is 2.06 bits per heavy atom. The number of aliphatic hydroxyl groups excluding tert-OH is 1. The molecule has 0 heterocycles. The van der Waals surface area contributed by atoms with E-state index in [1.54, 1.807) is 0 Å². The van der Waals surface area contributed by atoms with Crippen molar-refractivity contribution in [3.05, 3.63) is 0 Å². The molecule has 2 unspecified atom stereocenters. The monoisotopic (exact) mass is 242 g/mol. The second kappa shape index (κ2) is 6.97. The molecule has 0 aliphatic heterocycles. The highest BCUT2D eigenvalue weighted by atomic mass is 16.3. The predicted octanol–water partition coefficient (Wildman–Crippen LogP) is 0.885. The van der Waals surface area contributed by atoms with Crippen LogP contribution in [-0.2, 0) is 4.79 Å². The molecule has 0 bridgehead atoms. The predicted molar refractivity (Wildman–Crippen MR) is 68.4 cm³/mol. The van der Waals surface area contributed by atoms with Gasteiger partial charge < -0.3 is 16.2 Å². The highest BCUT2D eigenvalue weighted by Gasteiger charge is 2.27. The van der Waals surface area contributed by atoms with Crippen molar-refractivity contribution < 1.29 is 9.90 Å². The van der Waals surface area contributed by atoms with Crippen molar-refractivity contribution in [2.45, 2.75) is 45.6 Å². The van der Waals surface area contributed by atoms with Crippen molar-refractivity contribution in [1.82, 2.24) is 5.32 Å². The Morgan fingerprint density at radius 3 is 2.65 bits per heavy atom. The third kappa shape index (κ3) is 4.64. The van der Waals surface area contributed by atoms with Gasteiger partial charge in [0.05, 0.1) is 6.04 Å². The summed E-state index contributed by atoms with van der Waals surface area (Å²) in [5.74, 6) is 1.17. The van der Waals surface area contributed by atoms with Crippen molar-refractivity contribution in [2.75, 3.05) is 13.2 Å². The van der Waals surface area contributed by atoms with Gasteiger partial charge in [0.15, 0.2) is 0 Å². The Labute approximate surface area is 104 Å². The van der Waals surface area contributed by atoms with E-state index in [1.807, 2.05) is 0 Å². The molecule has 17 heavy (non-hydrogen) atoms. The van der Waals surface area contributed by atoms with Crippen molar-refractivity contribution >= 4 is 5.91 Å². The van der Waals surface area contributed by atoms with Gasteiger partial charge in [-0.25, -0.2) is 0 Å². The third-order valence-electron chi connectivity index (χ3n) is 3.65. The topological polar surface area (TPSA) is 75.4 Å². The number of nitrogens with two attached hydrogens (primary N) is 1. The van der Waals surface area contributed by atoms with Crippen LogP contribution in [0.1, 0.15) is 39.5 Å². The van der Waals surface area contributed by atoms with Crippen LogP contribution in [0.2, 0.25) is 0 Å². The van der Waals surface area contributed by atoms with Crippen LogP contribution in [0.4, 0.5) is 0 Å². The molecule has 100 valence electrons. The van der Waals surface area contributed by atoms with Gasteiger partial charge in [-0.3, -0.25) is 4.79 Å². The molecule has 0 radical (unpaired) electrons. The number of aliphatic hydroxyl groups is 1. The van der Waals surface area contributed by atoms with Crippen LogP contribution in [0.15, 0.2) is 0 Å². The van der Waals surface area contributed by atoms with E-state index < -0.39 is 6.04 Å². The summed E-state index contributed by atoms with van der Waals surface area (Å²) in [6, 6.07) is -0.399. The zero-order valence-corrected chi connectivity index (χ0v) is 11.0. The van der Waals surface area contributed by atoms with Crippen LogP contribution in [0, 0.1) is 17.8 Å². The van der Waals surface area contributed by atoms with Crippen molar-refractivity contribution in [1.29, 1.82) is 0 Å². The smallest absolute Gasteiger partial charge is 0.236 e. The fraction of sp³-hybridized carbons (Fsp3) is 0.923. The van der Waals surface area contributed by atoms with Crippen LogP contribution in [0.5, 0.6) is 0 Å². The number of hydrogen-bond acceptors (Lipinski definition) is 3. The van der Waals surface area contributed by atoms with E-state index in [-0.39, 0.29) is 12.5 Å². The van der Waals surface area contributed by atoms with E-state index >= 15 is 0 Å². The largest absolute Gasteiger partial charge is 0.396 e. The molecule has 1 saturated carbocycles. The van der Waals surface area contributed by atoms with E-state index in [0.29, 0.717) is 24.3 Å². The molecule has 0 saturated heterocycles. The molecular weight excluding hydrogens is 216 g/mol. The van der Waals surface area contributed by atoms with Crippen LogP contribution < -0.4 is 11.1 Å². The van der Waals surface area contributed by atoms with Gasteiger partial charge in [-0.05, 0) is 37.0 Å². The summed E-state index contributed by atoms with van der Waals surface area (Å²) in [5.41, 5.74) is 5.81. The number of carbonyl (C=O) groups is 1. The van der Waals surface area contributed by atoms with Crippen LogP contribution >= 0.6 is 0 Å². The SMILES string of the molecule is CC(C)C[C@H](N)C(=O)NCC1CCCC1CO. The van der Waals surface area contributed by atoms with Gasteiger partial charge in [-0.15, -0.1) is 0 Å². The first-order valence-corrected chi connectivity index (χ1v) is 6.68. The van der Waals surface area contributed by atoms with Gasteiger partial charge in [0.2, 0.25) is 5.91 Å². The number of amides is 1. The Kier molecular flexibility index (Phi) is 5.92. The third-order valence-corrected chi connectivity index (χ3v) is 3.65. The lowest BCUT2D eigenvalue weighted by molar-refractivity contribution is -0.122. The summed E-state index contributed by atoms with van der Waals surface area (Å²) in [4.78, 5) is 11.7. The Hall–Kier alpha value is -0.610. The van der Waals surface area contributed by atoms with Crippen molar-refractivity contribution in [3.63, 3.8) is 0 Å². The molecule has 1 aliphatic carbocycles. The Morgan fingerprint density at radius 1 is 1.41 bits per heavy atom. The van der Waals surface area contributed by atoms with Gasteiger partial charge in [0.25, 0.3) is 0 Å². The summed E-state index contributed by atoms with van der Waals surface area (Å²) < 4.78 is 0. The van der Waals surface area contributed by atoms with E-state index in [2.05, 4.69) is 19.2 Å². The summed E-state index contributed by atoms with van der Waals surface area (Å²) in [6.45, 7) is 5.02. The fourth-order valence-electron chi connectivity index (χ4n) is 2.60. The van der Waals surface area contributed by atoms with E-state index in [1.165, 1.54) is 0 Å². The maximum atomic E-state index is 11.7. The minimum absolute atomic E-state index is 0.0534. The van der Waals surface area contributed by atoms with E-state index in [0.717, 1.165) is 25.7 Å². The molecule has 4 nitrogen and oxygen atoms in total. The number of nitrogens with one attached hydrogen (secondary N) is 1. The molecule has 3 atom stereocenters. The molecule has 0 aromatic carbocycles. The van der Waals surface area contributed by atoms with Crippen LogP contribution in [-0.4, -0.2) is 30.2 Å². The summed E-state index contributed by atoms with van der Waals surface area (Å²) in [6.07, 6.45) is 4.06. The van der Waals surface area contributed by atoms with E-state index in [9.17, 15) is 9.90 Å². The van der Waals surface area contributed by atoms with Crippen LogP contribution in [0.3, 0.4) is 0 Å². The maximum absolute atomic E-state index is 11.7. The number of carbonyl (C=O) groups excluding carboxylic acids is 1. The first-order valence-electron chi connectivity index (χ1n) is 6.68. The number of rotatable bonds is 6. The molecule has 4 N–H and O–H groups in total. The van der Waals surface area contributed by atoms with Gasteiger partial charge >= 0.3 is 0 Å². The molecule has 1 amide bonds. The highest BCUT2D eigenvalue weighted by molar-refractivity contribution is 5.81. The summed E-state index contributed by atoms with van der Waals surface area (Å²) in [5, 5.41) is 12.1. The molecule has 1 fully saturated rings. The zero-order chi connectivity index (χ0) is 12.8. The molecule has 0 spiro atoms. The molecule has 1 rings (SSSR count). The summed E-state index contributed by atoms with van der Waals surface area (Å²) in [7, 11) is 0. The van der Waals surface area contributed by atoms with Gasteiger partial charge in [-0.1, -0.05) is 20.3 Å². The molecule has 4 heteroatoms. The molecule has 1 aliphatic rings. The van der Waals surface area contributed by atoms with E-state index in [4.69, 9.17) is 5.73 Å². The molecular formula is C13H26N2O2. The average Bonchev–Trinajstić information content (AvgIpc) is 2.72. The van der Waals surface area contributed by atoms with Crippen molar-refractivity contribution in [2.24, 2.45) is 23.5 Å².